The number of halogens is 3. The van der Waals surface area contributed by atoms with E-state index in [-0.39, 0.29) is 42.5 Å². The van der Waals surface area contributed by atoms with Gasteiger partial charge in [-0.1, -0.05) is 6.07 Å². The molecule has 32 heavy (non-hydrogen) atoms. The monoisotopic (exact) mass is 452 g/mol. The number of amides is 1. The molecule has 0 aliphatic carbocycles. The van der Waals surface area contributed by atoms with Crippen molar-refractivity contribution in [1.29, 1.82) is 5.26 Å². The summed E-state index contributed by atoms with van der Waals surface area (Å²) in [5.41, 5.74) is 9.38. The molecule has 0 saturated carbocycles. The predicted octanol–water partition coefficient (Wildman–Crippen LogP) is 2.00. The minimum Gasteiger partial charge on any atom is -0.477 e. The second-order valence-electron chi connectivity index (χ2n) is 6.31. The number of carbonyl (C=O) groups is 2. The van der Waals surface area contributed by atoms with Crippen LogP contribution >= 0.6 is 0 Å². The van der Waals surface area contributed by atoms with Crippen molar-refractivity contribution in [2.24, 2.45) is 5.73 Å². The van der Waals surface area contributed by atoms with Crippen LogP contribution in [0.3, 0.4) is 0 Å². The predicted molar refractivity (Wildman–Crippen MR) is 105 cm³/mol. The van der Waals surface area contributed by atoms with Crippen LogP contribution in [0.4, 0.5) is 24.8 Å². The van der Waals surface area contributed by atoms with Gasteiger partial charge in [0.2, 0.25) is 23.6 Å². The molecule has 1 amide bonds. The molecule has 0 fully saturated rings. The number of nitrogens with two attached hydrogens (primary N) is 2. The number of nitrogens with one attached hydrogen (secondary N) is 1. The van der Waals surface area contributed by atoms with E-state index >= 15 is 0 Å². The SMILES string of the molecule is CCOc1nc(N)nc(OC(=O)[C@H](CCC(N)=O)Nc2cccc(C(F)(F)F)c2)c1C#N. The molecule has 0 unspecified atom stereocenters. The number of benzene rings is 1. The Morgan fingerprint density at radius 1 is 1.28 bits per heavy atom. The van der Waals surface area contributed by atoms with Gasteiger partial charge in [-0.3, -0.25) is 4.79 Å². The summed E-state index contributed by atoms with van der Waals surface area (Å²) in [4.78, 5) is 31.4. The number of ether oxygens (including phenoxy) is 2. The first-order chi connectivity index (χ1) is 15.0. The minimum atomic E-state index is -4.60. The third kappa shape index (κ3) is 6.46. The number of nitrogen functional groups attached to an aromatic ring is 1. The molecule has 0 bridgehead atoms. The zero-order chi connectivity index (χ0) is 23.9. The number of hydrogen-bond acceptors (Lipinski definition) is 9. The summed E-state index contributed by atoms with van der Waals surface area (Å²) in [6, 6.07) is 4.54. The average Bonchev–Trinajstić information content (AvgIpc) is 2.70. The number of anilines is 2. The first-order valence-electron chi connectivity index (χ1n) is 9.19. The number of hydrogen-bond donors (Lipinski definition) is 3. The van der Waals surface area contributed by atoms with Gasteiger partial charge in [-0.15, -0.1) is 0 Å². The Hall–Kier alpha value is -4.08. The largest absolute Gasteiger partial charge is 0.477 e. The van der Waals surface area contributed by atoms with Crippen LogP contribution in [0.5, 0.6) is 11.8 Å². The second kappa shape index (κ2) is 10.3. The molecule has 0 saturated heterocycles. The topological polar surface area (TPSA) is 166 Å². The summed E-state index contributed by atoms with van der Waals surface area (Å²) in [5.74, 6) is -2.82. The molecule has 0 aliphatic heterocycles. The molecule has 10 nitrogen and oxygen atoms in total. The number of esters is 1. The van der Waals surface area contributed by atoms with Crippen molar-refractivity contribution in [1.82, 2.24) is 9.97 Å². The van der Waals surface area contributed by atoms with Crippen LogP contribution in [0.1, 0.15) is 30.9 Å². The standard InChI is InChI=1S/C19H19F3N6O4/c1-2-31-15-12(9-23)16(28-18(25)27-15)32-17(30)13(6-7-14(24)29)26-11-5-3-4-10(8-11)19(20,21)22/h3-5,8,13,26H,2,6-7H2,1H3,(H2,24,29)(H2,25,27,28)/t13-/m0/s1. The zero-order valence-corrected chi connectivity index (χ0v) is 16.8. The molecule has 1 atom stereocenters. The van der Waals surface area contributed by atoms with Gasteiger partial charge in [0.1, 0.15) is 12.1 Å². The van der Waals surface area contributed by atoms with E-state index < -0.39 is 35.5 Å². The normalized spacial score (nSPS) is 11.8. The van der Waals surface area contributed by atoms with E-state index in [1.54, 1.807) is 13.0 Å². The van der Waals surface area contributed by atoms with E-state index in [9.17, 15) is 28.0 Å². The van der Waals surface area contributed by atoms with Crippen molar-refractivity contribution < 1.29 is 32.2 Å². The van der Waals surface area contributed by atoms with Crippen LogP contribution < -0.4 is 26.3 Å². The number of carbonyl (C=O) groups excluding carboxylic acids is 2. The fourth-order valence-corrected chi connectivity index (χ4v) is 2.54. The average molecular weight is 452 g/mol. The number of alkyl halides is 3. The molecule has 0 spiro atoms. The van der Waals surface area contributed by atoms with Crippen LogP contribution in [0, 0.1) is 11.3 Å². The third-order valence-electron chi connectivity index (χ3n) is 3.94. The Kier molecular flexibility index (Phi) is 7.78. The Morgan fingerprint density at radius 3 is 2.56 bits per heavy atom. The fraction of sp³-hybridized carbons (Fsp3) is 0.316. The molecule has 1 aromatic heterocycles. The summed E-state index contributed by atoms with van der Waals surface area (Å²) in [6.45, 7) is 1.76. The van der Waals surface area contributed by atoms with E-state index in [2.05, 4.69) is 15.3 Å². The summed E-state index contributed by atoms with van der Waals surface area (Å²) in [5, 5.41) is 11.9. The molecule has 1 aromatic carbocycles. The van der Waals surface area contributed by atoms with E-state index in [0.29, 0.717) is 0 Å². The van der Waals surface area contributed by atoms with E-state index in [1.165, 1.54) is 6.07 Å². The number of nitrogens with zero attached hydrogens (tertiary/aromatic N) is 3. The lowest BCUT2D eigenvalue weighted by Gasteiger charge is -2.19. The van der Waals surface area contributed by atoms with Gasteiger partial charge >= 0.3 is 12.1 Å². The molecule has 0 radical (unpaired) electrons. The highest BCUT2D eigenvalue weighted by Gasteiger charge is 2.31. The highest BCUT2D eigenvalue weighted by atomic mass is 19.4. The molecule has 2 aromatic rings. The van der Waals surface area contributed by atoms with Gasteiger partial charge < -0.3 is 26.3 Å². The zero-order valence-electron chi connectivity index (χ0n) is 16.8. The minimum absolute atomic E-state index is 0.0519. The highest BCUT2D eigenvalue weighted by molar-refractivity contribution is 5.83. The Morgan fingerprint density at radius 2 is 1.97 bits per heavy atom. The maximum Gasteiger partial charge on any atom is 0.416 e. The van der Waals surface area contributed by atoms with E-state index in [0.717, 1.165) is 18.2 Å². The number of primary amides is 1. The van der Waals surface area contributed by atoms with Crippen molar-refractivity contribution in [3.63, 3.8) is 0 Å². The van der Waals surface area contributed by atoms with Gasteiger partial charge in [-0.25, -0.2) is 4.79 Å². The Labute approximate surface area is 180 Å². The van der Waals surface area contributed by atoms with E-state index in [1.807, 2.05) is 0 Å². The van der Waals surface area contributed by atoms with Gasteiger partial charge in [-0.2, -0.15) is 28.4 Å². The lowest BCUT2D eigenvalue weighted by Crippen LogP contribution is -2.35. The van der Waals surface area contributed by atoms with Crippen molar-refractivity contribution in [3.8, 4) is 17.8 Å². The first-order valence-corrected chi connectivity index (χ1v) is 9.19. The smallest absolute Gasteiger partial charge is 0.416 e. The lowest BCUT2D eigenvalue weighted by atomic mass is 10.1. The highest BCUT2D eigenvalue weighted by Crippen LogP contribution is 2.31. The number of rotatable bonds is 9. The quantitative estimate of drug-likeness (QED) is 0.482. The van der Waals surface area contributed by atoms with Crippen molar-refractivity contribution in [3.05, 3.63) is 35.4 Å². The second-order valence-corrected chi connectivity index (χ2v) is 6.31. The van der Waals surface area contributed by atoms with Gasteiger partial charge in [0.15, 0.2) is 5.56 Å². The van der Waals surface area contributed by atoms with Crippen molar-refractivity contribution in [2.75, 3.05) is 17.7 Å². The maximum absolute atomic E-state index is 13.0. The molecule has 13 heteroatoms. The third-order valence-corrected chi connectivity index (χ3v) is 3.94. The van der Waals surface area contributed by atoms with Crippen molar-refractivity contribution >= 4 is 23.5 Å². The molecule has 0 aliphatic rings. The van der Waals surface area contributed by atoms with E-state index in [4.69, 9.17) is 20.9 Å². The molecule has 170 valence electrons. The van der Waals surface area contributed by atoms with Gasteiger partial charge in [-0.05, 0) is 31.5 Å². The van der Waals surface area contributed by atoms with Crippen LogP contribution in [-0.4, -0.2) is 34.5 Å². The summed E-state index contributed by atoms with van der Waals surface area (Å²) < 4.78 is 49.3. The van der Waals surface area contributed by atoms with Crippen LogP contribution in [0.15, 0.2) is 24.3 Å². The summed E-state index contributed by atoms with van der Waals surface area (Å²) in [6.07, 6.45) is -5.07. The summed E-state index contributed by atoms with van der Waals surface area (Å²) in [7, 11) is 0. The fourth-order valence-electron chi connectivity index (χ4n) is 2.54. The maximum atomic E-state index is 13.0. The van der Waals surface area contributed by atoms with Gasteiger partial charge in [0.05, 0.1) is 12.2 Å². The summed E-state index contributed by atoms with van der Waals surface area (Å²) >= 11 is 0. The molecular formula is C19H19F3N6O4. The molecular weight excluding hydrogens is 433 g/mol. The lowest BCUT2D eigenvalue weighted by molar-refractivity contribution is -0.137. The first kappa shape index (κ1) is 24.2. The Balaban J connectivity index is 2.33. The van der Waals surface area contributed by atoms with Crippen molar-refractivity contribution in [2.45, 2.75) is 32.0 Å². The van der Waals surface area contributed by atoms with Gasteiger partial charge in [0.25, 0.3) is 0 Å². The molecule has 1 heterocycles. The van der Waals surface area contributed by atoms with Crippen LogP contribution in [-0.2, 0) is 15.8 Å². The van der Waals surface area contributed by atoms with Crippen LogP contribution in [0.25, 0.3) is 0 Å². The number of aromatic nitrogens is 2. The van der Waals surface area contributed by atoms with Crippen LogP contribution in [0.2, 0.25) is 0 Å². The number of nitriles is 1. The Bertz CT molecular complexity index is 1040. The molecule has 5 N–H and O–H groups in total. The molecule has 2 rings (SSSR count). The van der Waals surface area contributed by atoms with Gasteiger partial charge in [0, 0.05) is 12.1 Å².